The average molecular weight is 338 g/mol. The van der Waals surface area contributed by atoms with Crippen LogP contribution in [0, 0.1) is 5.82 Å². The lowest BCUT2D eigenvalue weighted by molar-refractivity contribution is -0.122. The van der Waals surface area contributed by atoms with Crippen molar-refractivity contribution in [3.05, 3.63) is 40.6 Å². The number of nitrogens with one attached hydrogen (secondary N) is 1. The second-order valence-corrected chi connectivity index (χ2v) is 5.82. The van der Waals surface area contributed by atoms with Gasteiger partial charge in [0.25, 0.3) is 11.1 Å². The summed E-state index contributed by atoms with van der Waals surface area (Å²) < 4.78 is 12.9. The van der Waals surface area contributed by atoms with Gasteiger partial charge in [-0.15, -0.1) is 0 Å². The fourth-order valence-corrected chi connectivity index (χ4v) is 2.86. The SMILES string of the molecule is O=C(O)NCCCCN1C(=O)SC(=Cc2ccc(F)cc2)C1=O. The smallest absolute Gasteiger partial charge is 0.404 e. The third kappa shape index (κ3) is 4.82. The number of hydrogen-bond acceptors (Lipinski definition) is 4. The largest absolute Gasteiger partial charge is 0.465 e. The molecule has 0 aromatic heterocycles. The number of benzene rings is 1. The van der Waals surface area contributed by atoms with E-state index in [1.54, 1.807) is 6.08 Å². The van der Waals surface area contributed by atoms with E-state index >= 15 is 0 Å². The van der Waals surface area contributed by atoms with E-state index in [2.05, 4.69) is 5.32 Å². The highest BCUT2D eigenvalue weighted by Crippen LogP contribution is 2.32. The Bertz CT molecular complexity index is 645. The van der Waals surface area contributed by atoms with Gasteiger partial charge in [0.2, 0.25) is 0 Å². The van der Waals surface area contributed by atoms with Crippen LogP contribution in [-0.2, 0) is 4.79 Å². The Labute approximate surface area is 136 Å². The lowest BCUT2D eigenvalue weighted by Crippen LogP contribution is -2.30. The van der Waals surface area contributed by atoms with Crippen molar-refractivity contribution in [2.75, 3.05) is 13.1 Å². The Hall–Kier alpha value is -2.35. The first-order chi connectivity index (χ1) is 11.0. The molecule has 1 aromatic rings. The van der Waals surface area contributed by atoms with Crippen LogP contribution in [0.4, 0.5) is 14.0 Å². The second-order valence-electron chi connectivity index (χ2n) is 4.82. The number of carboxylic acid groups (broad SMARTS) is 1. The van der Waals surface area contributed by atoms with Gasteiger partial charge >= 0.3 is 6.09 Å². The molecule has 23 heavy (non-hydrogen) atoms. The molecule has 1 saturated heterocycles. The number of hydrogen-bond donors (Lipinski definition) is 2. The van der Waals surface area contributed by atoms with Crippen molar-refractivity contribution in [1.29, 1.82) is 0 Å². The van der Waals surface area contributed by atoms with Crippen molar-refractivity contribution in [2.24, 2.45) is 0 Å². The van der Waals surface area contributed by atoms with E-state index in [0.717, 1.165) is 16.7 Å². The number of thioether (sulfide) groups is 1. The van der Waals surface area contributed by atoms with Gasteiger partial charge in [-0.2, -0.15) is 0 Å². The van der Waals surface area contributed by atoms with Gasteiger partial charge in [0, 0.05) is 13.1 Å². The Morgan fingerprint density at radius 1 is 1.26 bits per heavy atom. The molecule has 3 amide bonds. The van der Waals surface area contributed by atoms with Gasteiger partial charge in [-0.1, -0.05) is 12.1 Å². The maximum atomic E-state index is 12.9. The number of carbonyl (C=O) groups excluding carboxylic acids is 2. The Morgan fingerprint density at radius 2 is 1.96 bits per heavy atom. The van der Waals surface area contributed by atoms with Crippen LogP contribution in [0.15, 0.2) is 29.2 Å². The topological polar surface area (TPSA) is 86.7 Å². The van der Waals surface area contributed by atoms with Gasteiger partial charge in [0.05, 0.1) is 4.91 Å². The van der Waals surface area contributed by atoms with Crippen LogP contribution in [0.5, 0.6) is 0 Å². The molecule has 0 unspecified atom stereocenters. The minimum Gasteiger partial charge on any atom is -0.465 e. The van der Waals surface area contributed by atoms with E-state index in [0.29, 0.717) is 23.3 Å². The van der Waals surface area contributed by atoms with Crippen LogP contribution >= 0.6 is 11.8 Å². The summed E-state index contributed by atoms with van der Waals surface area (Å²) in [6.07, 6.45) is 1.50. The molecule has 0 aliphatic carbocycles. The van der Waals surface area contributed by atoms with Crippen molar-refractivity contribution in [1.82, 2.24) is 10.2 Å². The fourth-order valence-electron chi connectivity index (χ4n) is 1.99. The summed E-state index contributed by atoms with van der Waals surface area (Å²) in [5.41, 5.74) is 0.641. The zero-order chi connectivity index (χ0) is 16.8. The highest BCUT2D eigenvalue weighted by atomic mass is 32.2. The Balaban J connectivity index is 1.91. The van der Waals surface area contributed by atoms with Crippen LogP contribution < -0.4 is 5.32 Å². The zero-order valence-corrected chi connectivity index (χ0v) is 12.9. The molecule has 122 valence electrons. The highest BCUT2D eigenvalue weighted by molar-refractivity contribution is 8.18. The molecular weight excluding hydrogens is 323 g/mol. The molecule has 2 rings (SSSR count). The van der Waals surface area contributed by atoms with Crippen molar-refractivity contribution in [2.45, 2.75) is 12.8 Å². The molecule has 0 spiro atoms. The summed E-state index contributed by atoms with van der Waals surface area (Å²) in [6.45, 7) is 0.518. The van der Waals surface area contributed by atoms with Crippen molar-refractivity contribution in [3.8, 4) is 0 Å². The maximum Gasteiger partial charge on any atom is 0.404 e. The standard InChI is InChI=1S/C15H15FN2O4S/c16-11-5-3-10(4-6-11)9-12-13(19)18(15(22)23-12)8-2-1-7-17-14(20)21/h3-6,9,17H,1-2,7-8H2,(H,20,21). The van der Waals surface area contributed by atoms with E-state index in [4.69, 9.17) is 5.11 Å². The number of rotatable bonds is 6. The van der Waals surface area contributed by atoms with Gasteiger partial charge in [-0.25, -0.2) is 9.18 Å². The zero-order valence-electron chi connectivity index (χ0n) is 12.1. The minimum absolute atomic E-state index is 0.243. The van der Waals surface area contributed by atoms with Gasteiger partial charge in [0.15, 0.2) is 0 Å². The van der Waals surface area contributed by atoms with Gasteiger partial charge in [0.1, 0.15) is 5.82 Å². The number of halogens is 1. The predicted octanol–water partition coefficient (Wildman–Crippen LogP) is 2.91. The molecule has 1 heterocycles. The van der Waals surface area contributed by atoms with E-state index in [1.165, 1.54) is 24.3 Å². The van der Waals surface area contributed by atoms with E-state index in [9.17, 15) is 18.8 Å². The first kappa shape index (κ1) is 17.0. The third-order valence-electron chi connectivity index (χ3n) is 3.13. The monoisotopic (exact) mass is 338 g/mol. The van der Waals surface area contributed by atoms with Gasteiger partial charge in [-0.05, 0) is 48.4 Å². The van der Waals surface area contributed by atoms with Gasteiger partial charge in [-0.3, -0.25) is 14.5 Å². The molecule has 1 aliphatic heterocycles. The predicted molar refractivity (Wildman–Crippen MR) is 84.3 cm³/mol. The summed E-state index contributed by atoms with van der Waals surface area (Å²) in [5, 5.41) is 10.3. The average Bonchev–Trinajstić information content (AvgIpc) is 2.76. The van der Waals surface area contributed by atoms with Crippen LogP contribution in [0.3, 0.4) is 0 Å². The van der Waals surface area contributed by atoms with Crippen LogP contribution in [0.25, 0.3) is 6.08 Å². The number of amides is 3. The van der Waals surface area contributed by atoms with Crippen molar-refractivity contribution in [3.63, 3.8) is 0 Å². The summed E-state index contributed by atoms with van der Waals surface area (Å²) in [6, 6.07) is 5.62. The van der Waals surface area contributed by atoms with Gasteiger partial charge < -0.3 is 10.4 Å². The lowest BCUT2D eigenvalue weighted by atomic mass is 10.2. The molecular formula is C15H15FN2O4S. The summed E-state index contributed by atoms with van der Waals surface area (Å²) in [7, 11) is 0. The van der Waals surface area contributed by atoms with E-state index in [-0.39, 0.29) is 30.1 Å². The molecule has 1 aromatic carbocycles. The Kier molecular flexibility index (Phi) is 5.75. The molecule has 0 radical (unpaired) electrons. The number of imide groups is 1. The minimum atomic E-state index is -1.10. The highest BCUT2D eigenvalue weighted by Gasteiger charge is 2.34. The summed E-state index contributed by atoms with van der Waals surface area (Å²) >= 11 is 0.845. The normalized spacial score (nSPS) is 16.2. The molecule has 6 nitrogen and oxygen atoms in total. The number of unbranched alkanes of at least 4 members (excludes halogenated alkanes) is 1. The molecule has 0 bridgehead atoms. The number of carbonyl (C=O) groups is 3. The molecule has 0 saturated carbocycles. The van der Waals surface area contributed by atoms with Crippen LogP contribution in [-0.4, -0.2) is 40.3 Å². The van der Waals surface area contributed by atoms with E-state index < -0.39 is 6.09 Å². The van der Waals surface area contributed by atoms with E-state index in [1.807, 2.05) is 0 Å². The van der Waals surface area contributed by atoms with Crippen molar-refractivity contribution < 1.29 is 23.9 Å². The maximum absolute atomic E-state index is 12.9. The fraction of sp³-hybridized carbons (Fsp3) is 0.267. The molecule has 1 aliphatic rings. The summed E-state index contributed by atoms with van der Waals surface area (Å²) in [4.78, 5) is 35.8. The van der Waals surface area contributed by atoms with Crippen molar-refractivity contribution >= 4 is 35.1 Å². The molecule has 1 fully saturated rings. The number of nitrogens with zero attached hydrogens (tertiary/aromatic N) is 1. The van der Waals surface area contributed by atoms with Crippen LogP contribution in [0.1, 0.15) is 18.4 Å². The molecule has 0 atom stereocenters. The van der Waals surface area contributed by atoms with Crippen LogP contribution in [0.2, 0.25) is 0 Å². The first-order valence-corrected chi connectivity index (χ1v) is 7.77. The molecule has 8 heteroatoms. The Morgan fingerprint density at radius 3 is 2.61 bits per heavy atom. The molecule has 2 N–H and O–H groups in total. The summed E-state index contributed by atoms with van der Waals surface area (Å²) in [5.74, 6) is -0.749. The lowest BCUT2D eigenvalue weighted by Gasteiger charge is -2.11. The third-order valence-corrected chi connectivity index (χ3v) is 4.03. The first-order valence-electron chi connectivity index (χ1n) is 6.95. The second kappa shape index (κ2) is 7.77. The quantitative estimate of drug-likeness (QED) is 0.615.